The van der Waals surface area contributed by atoms with E-state index < -0.39 is 0 Å². The highest BCUT2D eigenvalue weighted by molar-refractivity contribution is 7.99. The van der Waals surface area contributed by atoms with Gasteiger partial charge in [0.05, 0.1) is 0 Å². The van der Waals surface area contributed by atoms with Crippen molar-refractivity contribution in [3.63, 3.8) is 0 Å². The Morgan fingerprint density at radius 1 is 0.857 bits per heavy atom. The van der Waals surface area contributed by atoms with Crippen LogP contribution in [0.3, 0.4) is 0 Å². The van der Waals surface area contributed by atoms with Gasteiger partial charge in [-0.3, -0.25) is 4.90 Å². The summed E-state index contributed by atoms with van der Waals surface area (Å²) >= 11 is 2.14. The van der Waals surface area contributed by atoms with Crippen molar-refractivity contribution >= 4 is 11.8 Å². The van der Waals surface area contributed by atoms with Crippen LogP contribution in [0.1, 0.15) is 70.6 Å². The zero-order valence-corrected chi connectivity index (χ0v) is 14.5. The molecule has 122 valence electrons. The topological polar surface area (TPSA) is 15.3 Å². The number of hydrogen-bond donors (Lipinski definition) is 1. The molecule has 0 aromatic carbocycles. The van der Waals surface area contributed by atoms with E-state index in [0.717, 1.165) is 18.1 Å². The normalized spacial score (nSPS) is 29.9. The summed E-state index contributed by atoms with van der Waals surface area (Å²) in [6.07, 6.45) is 16.2. The largest absolute Gasteiger partial charge is 0.312 e. The molecule has 2 saturated carbocycles. The molecule has 3 heteroatoms. The summed E-state index contributed by atoms with van der Waals surface area (Å²) in [4.78, 5) is 2.97. The summed E-state index contributed by atoms with van der Waals surface area (Å²) in [7, 11) is 0. The van der Waals surface area contributed by atoms with Gasteiger partial charge in [-0.15, -0.1) is 0 Å². The minimum Gasteiger partial charge on any atom is -0.312 e. The van der Waals surface area contributed by atoms with Gasteiger partial charge in [0, 0.05) is 42.7 Å². The maximum Gasteiger partial charge on any atom is 0.0170 e. The molecule has 2 nitrogen and oxygen atoms in total. The van der Waals surface area contributed by atoms with E-state index in [9.17, 15) is 0 Å². The first-order valence-electron chi connectivity index (χ1n) is 9.50. The number of nitrogens with zero attached hydrogens (tertiary/aromatic N) is 1. The van der Waals surface area contributed by atoms with E-state index in [1.165, 1.54) is 95.2 Å². The highest BCUT2D eigenvalue weighted by Gasteiger charge is 2.29. The van der Waals surface area contributed by atoms with Crippen LogP contribution in [0.2, 0.25) is 0 Å². The average molecular weight is 311 g/mol. The highest BCUT2D eigenvalue weighted by Crippen LogP contribution is 2.30. The van der Waals surface area contributed by atoms with E-state index >= 15 is 0 Å². The molecule has 1 N–H and O–H groups in total. The van der Waals surface area contributed by atoms with Gasteiger partial charge < -0.3 is 5.32 Å². The minimum atomic E-state index is 0.776. The summed E-state index contributed by atoms with van der Waals surface area (Å²) in [6, 6.07) is 2.61. The Morgan fingerprint density at radius 2 is 1.48 bits per heavy atom. The van der Waals surface area contributed by atoms with E-state index in [4.69, 9.17) is 0 Å². The van der Waals surface area contributed by atoms with Crippen LogP contribution in [-0.4, -0.2) is 47.6 Å². The molecule has 3 aliphatic rings. The molecule has 0 spiro atoms. The zero-order valence-electron chi connectivity index (χ0n) is 13.7. The lowest BCUT2D eigenvalue weighted by atomic mass is 9.88. The Kier molecular flexibility index (Phi) is 6.75. The molecule has 0 radical (unpaired) electrons. The quantitative estimate of drug-likeness (QED) is 0.825. The van der Waals surface area contributed by atoms with Gasteiger partial charge in [-0.2, -0.15) is 11.8 Å². The van der Waals surface area contributed by atoms with Gasteiger partial charge in [0.15, 0.2) is 0 Å². The third kappa shape index (κ3) is 4.87. The molecule has 1 saturated heterocycles. The third-order valence-electron chi connectivity index (χ3n) is 5.82. The lowest BCUT2D eigenvalue weighted by Gasteiger charge is -2.42. The molecule has 0 aromatic heterocycles. The first-order valence-corrected chi connectivity index (χ1v) is 10.7. The predicted octanol–water partition coefficient (Wildman–Crippen LogP) is 4.05. The smallest absolute Gasteiger partial charge is 0.0170 e. The van der Waals surface area contributed by atoms with Gasteiger partial charge in [0.1, 0.15) is 0 Å². The van der Waals surface area contributed by atoms with Crippen molar-refractivity contribution in [3.05, 3.63) is 0 Å². The van der Waals surface area contributed by atoms with E-state index in [-0.39, 0.29) is 0 Å². The Hall–Kier alpha value is 0.270. The molecule has 1 unspecified atom stereocenters. The van der Waals surface area contributed by atoms with Crippen molar-refractivity contribution < 1.29 is 0 Å². The average Bonchev–Trinajstić information content (AvgIpc) is 2.58. The molecule has 1 heterocycles. The standard InChI is InChI=1S/C18H34N2S/c1-3-7-17(8-4-1)20(18-9-5-2-6-10-18)13-11-16-15-21-14-12-19-16/h16-19H,1-15H2. The van der Waals surface area contributed by atoms with Crippen LogP contribution in [0.25, 0.3) is 0 Å². The van der Waals surface area contributed by atoms with Crippen LogP contribution in [0, 0.1) is 0 Å². The molecule has 0 amide bonds. The molecule has 2 aliphatic carbocycles. The summed E-state index contributed by atoms with van der Waals surface area (Å²) in [6.45, 7) is 2.58. The maximum atomic E-state index is 3.73. The Bertz CT molecular complexity index is 261. The molecule has 1 atom stereocenters. The first kappa shape index (κ1) is 16.1. The maximum absolute atomic E-state index is 3.73. The van der Waals surface area contributed by atoms with Gasteiger partial charge in [0.25, 0.3) is 0 Å². The van der Waals surface area contributed by atoms with Crippen LogP contribution in [0.4, 0.5) is 0 Å². The molecule has 0 aromatic rings. The van der Waals surface area contributed by atoms with Gasteiger partial charge in [-0.05, 0) is 32.1 Å². The second-order valence-corrected chi connectivity index (χ2v) is 8.49. The Balaban J connectivity index is 1.54. The molecule has 21 heavy (non-hydrogen) atoms. The lowest BCUT2D eigenvalue weighted by molar-refractivity contribution is 0.0770. The zero-order chi connectivity index (χ0) is 14.3. The van der Waals surface area contributed by atoms with E-state index in [0.29, 0.717) is 0 Å². The fourth-order valence-corrected chi connectivity index (χ4v) is 5.60. The van der Waals surface area contributed by atoms with Crippen LogP contribution < -0.4 is 5.32 Å². The number of hydrogen-bond acceptors (Lipinski definition) is 3. The molecular formula is C18H34N2S. The van der Waals surface area contributed by atoms with Gasteiger partial charge in [-0.25, -0.2) is 0 Å². The van der Waals surface area contributed by atoms with Crippen LogP contribution in [-0.2, 0) is 0 Å². The molecule has 0 bridgehead atoms. The van der Waals surface area contributed by atoms with Crippen LogP contribution >= 0.6 is 11.8 Å². The Morgan fingerprint density at radius 3 is 2.00 bits per heavy atom. The van der Waals surface area contributed by atoms with Crippen LogP contribution in [0.15, 0.2) is 0 Å². The number of rotatable bonds is 5. The van der Waals surface area contributed by atoms with E-state index in [1.807, 2.05) is 0 Å². The summed E-state index contributed by atoms with van der Waals surface area (Å²) in [5.74, 6) is 2.65. The fraction of sp³-hybridized carbons (Fsp3) is 1.00. The van der Waals surface area contributed by atoms with Gasteiger partial charge in [0.2, 0.25) is 0 Å². The van der Waals surface area contributed by atoms with E-state index in [1.54, 1.807) is 0 Å². The highest BCUT2D eigenvalue weighted by atomic mass is 32.2. The predicted molar refractivity (Wildman–Crippen MR) is 94.2 cm³/mol. The van der Waals surface area contributed by atoms with Crippen molar-refractivity contribution in [3.8, 4) is 0 Å². The minimum absolute atomic E-state index is 0.776. The Labute approximate surface area is 135 Å². The van der Waals surface area contributed by atoms with Crippen molar-refractivity contribution in [2.24, 2.45) is 0 Å². The molecule has 3 rings (SSSR count). The van der Waals surface area contributed by atoms with E-state index in [2.05, 4.69) is 22.0 Å². The number of nitrogens with one attached hydrogen (secondary N) is 1. The van der Waals surface area contributed by atoms with Crippen molar-refractivity contribution in [1.29, 1.82) is 0 Å². The monoisotopic (exact) mass is 310 g/mol. The summed E-state index contributed by atoms with van der Waals surface area (Å²) in [5, 5.41) is 3.73. The van der Waals surface area contributed by atoms with Crippen molar-refractivity contribution in [2.75, 3.05) is 24.6 Å². The summed E-state index contributed by atoms with van der Waals surface area (Å²) in [5.41, 5.74) is 0. The second kappa shape index (κ2) is 8.79. The molecule has 3 fully saturated rings. The SMILES string of the molecule is C1CCC(N(CCC2CSCCN2)C2CCCCC2)CC1. The molecule has 1 aliphatic heterocycles. The van der Waals surface area contributed by atoms with Crippen LogP contribution in [0.5, 0.6) is 0 Å². The number of thioether (sulfide) groups is 1. The van der Waals surface area contributed by atoms with Crippen molar-refractivity contribution in [1.82, 2.24) is 10.2 Å². The summed E-state index contributed by atoms with van der Waals surface area (Å²) < 4.78 is 0. The van der Waals surface area contributed by atoms with Gasteiger partial charge >= 0.3 is 0 Å². The fourth-order valence-electron chi connectivity index (χ4n) is 4.60. The van der Waals surface area contributed by atoms with Crippen molar-refractivity contribution in [2.45, 2.75) is 88.8 Å². The third-order valence-corrected chi connectivity index (χ3v) is 6.95. The second-order valence-electron chi connectivity index (χ2n) is 7.34. The van der Waals surface area contributed by atoms with Gasteiger partial charge in [-0.1, -0.05) is 38.5 Å². The molecular weight excluding hydrogens is 276 g/mol. The lowest BCUT2D eigenvalue weighted by Crippen LogP contribution is -2.48. The first-order chi connectivity index (χ1) is 10.4.